The summed E-state index contributed by atoms with van der Waals surface area (Å²) in [6, 6.07) is 5.21. The fourth-order valence-electron chi connectivity index (χ4n) is 1.65. The van der Waals surface area contributed by atoms with Gasteiger partial charge >= 0.3 is 5.97 Å². The molecule has 0 amide bonds. The average molecular weight is 268 g/mol. The zero-order valence-electron chi connectivity index (χ0n) is 11.3. The van der Waals surface area contributed by atoms with Gasteiger partial charge in [0.05, 0.1) is 26.0 Å². The minimum atomic E-state index is -0.451. The molecule has 0 saturated carbocycles. The fraction of sp³-hybridized carbons (Fsp3) is 0.538. The van der Waals surface area contributed by atoms with E-state index in [1.165, 1.54) is 7.11 Å². The fourth-order valence-corrected chi connectivity index (χ4v) is 1.65. The monoisotopic (exact) mass is 268 g/mol. The normalized spacial score (nSPS) is 10.7. The number of hydrogen-bond acceptors (Lipinski definition) is 6. The van der Waals surface area contributed by atoms with Crippen LogP contribution in [0.4, 0.5) is 0 Å². The van der Waals surface area contributed by atoms with Gasteiger partial charge in [-0.15, -0.1) is 0 Å². The van der Waals surface area contributed by atoms with Crippen molar-refractivity contribution in [3.05, 3.63) is 29.6 Å². The molecule has 6 heteroatoms. The molecule has 0 aliphatic rings. The molecule has 0 bridgehead atoms. The summed E-state index contributed by atoms with van der Waals surface area (Å²) in [5, 5.41) is 9.02. The number of rotatable bonds is 8. The van der Waals surface area contributed by atoms with Gasteiger partial charge in [0.1, 0.15) is 5.69 Å². The predicted molar refractivity (Wildman–Crippen MR) is 69.8 cm³/mol. The molecular weight excluding hydrogens is 248 g/mol. The van der Waals surface area contributed by atoms with Gasteiger partial charge < -0.3 is 14.6 Å². The maximum Gasteiger partial charge on any atom is 0.356 e. The van der Waals surface area contributed by atoms with Crippen LogP contribution in [0.1, 0.15) is 16.2 Å². The summed E-state index contributed by atoms with van der Waals surface area (Å²) in [6.07, 6.45) is 0. The second kappa shape index (κ2) is 8.58. The third-order valence-electron chi connectivity index (χ3n) is 2.61. The van der Waals surface area contributed by atoms with Crippen molar-refractivity contribution < 1.29 is 19.4 Å². The third-order valence-corrected chi connectivity index (χ3v) is 2.61. The first kappa shape index (κ1) is 15.6. The van der Waals surface area contributed by atoms with Gasteiger partial charge in [0.2, 0.25) is 0 Å². The van der Waals surface area contributed by atoms with Crippen molar-refractivity contribution in [1.29, 1.82) is 0 Å². The lowest BCUT2D eigenvalue weighted by Crippen LogP contribution is -2.30. The number of aromatic nitrogens is 1. The van der Waals surface area contributed by atoms with Crippen LogP contribution in [0, 0.1) is 0 Å². The van der Waals surface area contributed by atoms with Crippen molar-refractivity contribution in [3.8, 4) is 0 Å². The largest absolute Gasteiger partial charge is 0.464 e. The number of methoxy groups -OCH3 is 2. The number of carbonyl (C=O) groups excluding carboxylic acids is 1. The van der Waals surface area contributed by atoms with E-state index in [-0.39, 0.29) is 12.3 Å². The molecule has 0 aliphatic heterocycles. The highest BCUT2D eigenvalue weighted by Crippen LogP contribution is 2.05. The van der Waals surface area contributed by atoms with Crippen LogP contribution in [0.2, 0.25) is 0 Å². The summed E-state index contributed by atoms with van der Waals surface area (Å²) in [5.41, 5.74) is 1.04. The lowest BCUT2D eigenvalue weighted by atomic mass is 10.3. The highest BCUT2D eigenvalue weighted by molar-refractivity contribution is 5.87. The number of carbonyl (C=O) groups is 1. The molecule has 0 fully saturated rings. The maximum atomic E-state index is 11.4. The Hall–Kier alpha value is -1.50. The number of aliphatic hydroxyl groups is 1. The Balaban J connectivity index is 2.69. The maximum absolute atomic E-state index is 11.4. The van der Waals surface area contributed by atoms with Crippen LogP contribution in [0.5, 0.6) is 0 Å². The molecule has 19 heavy (non-hydrogen) atoms. The SMILES string of the molecule is COCCN(CCO)Cc1cccc(C(=O)OC)n1. The van der Waals surface area contributed by atoms with E-state index in [0.717, 1.165) is 5.69 Å². The highest BCUT2D eigenvalue weighted by atomic mass is 16.5. The molecule has 6 nitrogen and oxygen atoms in total. The standard InChI is InChI=1S/C13H20N2O4/c1-18-9-7-15(6-8-16)10-11-4-3-5-12(14-11)13(17)19-2/h3-5,16H,6-10H2,1-2H3. The molecule has 1 N–H and O–H groups in total. The zero-order chi connectivity index (χ0) is 14.1. The number of ether oxygens (including phenoxy) is 2. The third kappa shape index (κ3) is 5.34. The molecule has 0 aromatic carbocycles. The molecule has 0 saturated heterocycles. The van der Waals surface area contributed by atoms with E-state index >= 15 is 0 Å². The molecule has 0 radical (unpaired) electrons. The predicted octanol–water partition coefficient (Wildman–Crippen LogP) is 0.309. The minimum absolute atomic E-state index is 0.0698. The van der Waals surface area contributed by atoms with E-state index in [9.17, 15) is 4.79 Å². The van der Waals surface area contributed by atoms with E-state index in [2.05, 4.69) is 9.72 Å². The quantitative estimate of drug-likeness (QED) is 0.684. The zero-order valence-corrected chi connectivity index (χ0v) is 11.3. The summed E-state index contributed by atoms with van der Waals surface area (Å²) in [7, 11) is 2.96. The van der Waals surface area contributed by atoms with E-state index in [1.807, 2.05) is 11.0 Å². The van der Waals surface area contributed by atoms with Crippen molar-refractivity contribution in [2.24, 2.45) is 0 Å². The van der Waals surface area contributed by atoms with E-state index in [0.29, 0.717) is 26.2 Å². The van der Waals surface area contributed by atoms with E-state index in [1.54, 1.807) is 19.2 Å². The van der Waals surface area contributed by atoms with Crippen molar-refractivity contribution in [1.82, 2.24) is 9.88 Å². The van der Waals surface area contributed by atoms with Crippen molar-refractivity contribution >= 4 is 5.97 Å². The van der Waals surface area contributed by atoms with Crippen LogP contribution < -0.4 is 0 Å². The molecule has 1 aromatic heterocycles. The summed E-state index contributed by atoms with van der Waals surface area (Å²) in [6.45, 7) is 2.43. The molecule has 0 aliphatic carbocycles. The molecule has 1 heterocycles. The Labute approximate surface area is 113 Å². The van der Waals surface area contributed by atoms with Crippen molar-refractivity contribution in [2.45, 2.75) is 6.54 Å². The summed E-state index contributed by atoms with van der Waals surface area (Å²) in [5.74, 6) is -0.451. The molecular formula is C13H20N2O4. The lowest BCUT2D eigenvalue weighted by molar-refractivity contribution is 0.0593. The van der Waals surface area contributed by atoms with Gasteiger partial charge in [0.25, 0.3) is 0 Å². The minimum Gasteiger partial charge on any atom is -0.464 e. The number of esters is 1. The van der Waals surface area contributed by atoms with E-state index < -0.39 is 5.97 Å². The second-order valence-electron chi connectivity index (χ2n) is 4.00. The second-order valence-corrected chi connectivity index (χ2v) is 4.00. The van der Waals surface area contributed by atoms with Crippen molar-refractivity contribution in [3.63, 3.8) is 0 Å². The number of nitrogens with zero attached hydrogens (tertiary/aromatic N) is 2. The number of hydrogen-bond donors (Lipinski definition) is 1. The van der Waals surface area contributed by atoms with Crippen LogP contribution in [-0.2, 0) is 16.0 Å². The van der Waals surface area contributed by atoms with Crippen LogP contribution in [-0.4, -0.2) is 61.5 Å². The van der Waals surface area contributed by atoms with Gasteiger partial charge in [-0.25, -0.2) is 9.78 Å². The highest BCUT2D eigenvalue weighted by Gasteiger charge is 2.10. The molecule has 0 spiro atoms. The smallest absolute Gasteiger partial charge is 0.356 e. The Morgan fingerprint density at radius 1 is 1.37 bits per heavy atom. The average Bonchev–Trinajstić information content (AvgIpc) is 2.44. The van der Waals surface area contributed by atoms with Crippen LogP contribution in [0.3, 0.4) is 0 Å². The molecule has 106 valence electrons. The Kier molecular flexibility index (Phi) is 7.02. The van der Waals surface area contributed by atoms with Gasteiger partial charge in [0.15, 0.2) is 0 Å². The van der Waals surface area contributed by atoms with Crippen molar-refractivity contribution in [2.75, 3.05) is 40.5 Å². The number of aliphatic hydroxyl groups excluding tert-OH is 1. The summed E-state index contributed by atoms with van der Waals surface area (Å²) >= 11 is 0. The van der Waals surface area contributed by atoms with Gasteiger partial charge in [-0.2, -0.15) is 0 Å². The first-order valence-electron chi connectivity index (χ1n) is 6.07. The Morgan fingerprint density at radius 3 is 2.79 bits per heavy atom. The molecule has 0 atom stereocenters. The van der Waals surface area contributed by atoms with Gasteiger partial charge in [-0.1, -0.05) is 6.07 Å². The molecule has 1 aromatic rings. The van der Waals surface area contributed by atoms with Crippen LogP contribution in [0.15, 0.2) is 18.2 Å². The Bertz CT molecular complexity index is 398. The van der Waals surface area contributed by atoms with Crippen LogP contribution >= 0.6 is 0 Å². The summed E-state index contributed by atoms with van der Waals surface area (Å²) < 4.78 is 9.65. The van der Waals surface area contributed by atoms with Gasteiger partial charge in [0, 0.05) is 26.7 Å². The van der Waals surface area contributed by atoms with Gasteiger partial charge in [-0.05, 0) is 12.1 Å². The lowest BCUT2D eigenvalue weighted by Gasteiger charge is -2.20. The first-order chi connectivity index (χ1) is 9.21. The summed E-state index contributed by atoms with van der Waals surface area (Å²) in [4.78, 5) is 17.6. The van der Waals surface area contributed by atoms with Gasteiger partial charge in [-0.3, -0.25) is 4.90 Å². The Morgan fingerprint density at radius 2 is 2.16 bits per heavy atom. The molecule has 0 unspecified atom stereocenters. The van der Waals surface area contributed by atoms with E-state index in [4.69, 9.17) is 9.84 Å². The number of pyridine rings is 1. The molecule has 1 rings (SSSR count). The van der Waals surface area contributed by atoms with Crippen LogP contribution in [0.25, 0.3) is 0 Å². The first-order valence-corrected chi connectivity index (χ1v) is 6.07. The topological polar surface area (TPSA) is 71.9 Å².